The van der Waals surface area contributed by atoms with Gasteiger partial charge in [-0.15, -0.1) is 0 Å². The van der Waals surface area contributed by atoms with Crippen LogP contribution in [0.3, 0.4) is 0 Å². The van der Waals surface area contributed by atoms with Crippen LogP contribution in [-0.4, -0.2) is 46.0 Å². The van der Waals surface area contributed by atoms with Crippen LogP contribution in [0.5, 0.6) is 0 Å². The summed E-state index contributed by atoms with van der Waals surface area (Å²) in [5, 5.41) is 4.06. The van der Waals surface area contributed by atoms with Crippen LogP contribution in [0.4, 0.5) is 0 Å². The first kappa shape index (κ1) is 19.3. The molecule has 2 aromatic carbocycles. The summed E-state index contributed by atoms with van der Waals surface area (Å²) in [5.41, 5.74) is 3.92. The van der Waals surface area contributed by atoms with Crippen LogP contribution in [0.25, 0.3) is 11.4 Å². The predicted molar refractivity (Wildman–Crippen MR) is 111 cm³/mol. The molecule has 0 bridgehead atoms. The molecule has 1 saturated heterocycles. The average molecular weight is 390 g/mol. The van der Waals surface area contributed by atoms with Crippen LogP contribution in [0, 0.1) is 6.92 Å². The molecule has 4 rings (SSSR count). The van der Waals surface area contributed by atoms with Gasteiger partial charge in [0.2, 0.25) is 11.7 Å². The zero-order chi connectivity index (χ0) is 20.2. The average Bonchev–Trinajstić information content (AvgIpc) is 3.40. The summed E-state index contributed by atoms with van der Waals surface area (Å²) in [7, 11) is 1.75. The molecule has 1 aliphatic heterocycles. The molecule has 1 amide bonds. The van der Waals surface area contributed by atoms with E-state index >= 15 is 0 Å². The van der Waals surface area contributed by atoms with Crippen molar-refractivity contribution in [3.8, 4) is 11.4 Å². The number of benzene rings is 2. The molecule has 0 atom stereocenters. The zero-order valence-corrected chi connectivity index (χ0v) is 17.0. The Morgan fingerprint density at radius 3 is 2.55 bits per heavy atom. The van der Waals surface area contributed by atoms with E-state index in [1.807, 2.05) is 55.5 Å². The van der Waals surface area contributed by atoms with Crippen LogP contribution < -0.4 is 0 Å². The highest BCUT2D eigenvalue weighted by atomic mass is 16.5. The summed E-state index contributed by atoms with van der Waals surface area (Å²) < 4.78 is 5.36. The Morgan fingerprint density at radius 2 is 1.83 bits per heavy atom. The van der Waals surface area contributed by atoms with Gasteiger partial charge in [0.1, 0.15) is 0 Å². The van der Waals surface area contributed by atoms with E-state index in [-0.39, 0.29) is 12.5 Å². The van der Waals surface area contributed by atoms with E-state index in [1.165, 1.54) is 18.4 Å². The van der Waals surface area contributed by atoms with E-state index < -0.39 is 0 Å². The van der Waals surface area contributed by atoms with E-state index in [1.54, 1.807) is 11.9 Å². The van der Waals surface area contributed by atoms with Gasteiger partial charge in [-0.1, -0.05) is 41.6 Å². The number of amides is 1. The molecule has 1 fully saturated rings. The van der Waals surface area contributed by atoms with Crippen LogP contribution in [0.1, 0.15) is 40.2 Å². The SMILES string of the molecule is Cc1ccccc1-c1noc(CN(C)C(=O)c2ccc(CN3CCCC3)cc2)n1. The predicted octanol–water partition coefficient (Wildman–Crippen LogP) is 3.91. The van der Waals surface area contributed by atoms with Crippen molar-refractivity contribution in [1.82, 2.24) is 19.9 Å². The highest BCUT2D eigenvalue weighted by molar-refractivity contribution is 5.94. The summed E-state index contributed by atoms with van der Waals surface area (Å²) in [4.78, 5) is 21.3. The van der Waals surface area contributed by atoms with Gasteiger partial charge in [-0.2, -0.15) is 4.98 Å². The third kappa shape index (κ3) is 4.54. The quantitative estimate of drug-likeness (QED) is 0.638. The van der Waals surface area contributed by atoms with Gasteiger partial charge in [0.15, 0.2) is 0 Å². The third-order valence-electron chi connectivity index (χ3n) is 5.38. The van der Waals surface area contributed by atoms with Gasteiger partial charge in [0.25, 0.3) is 5.91 Å². The number of nitrogens with zero attached hydrogens (tertiary/aromatic N) is 4. The molecular formula is C23H26N4O2. The fourth-order valence-electron chi connectivity index (χ4n) is 3.70. The summed E-state index contributed by atoms with van der Waals surface area (Å²) in [6, 6.07) is 15.8. The summed E-state index contributed by atoms with van der Waals surface area (Å²) >= 11 is 0. The Morgan fingerprint density at radius 1 is 1.10 bits per heavy atom. The molecule has 0 N–H and O–H groups in total. The van der Waals surface area contributed by atoms with Crippen molar-refractivity contribution >= 4 is 5.91 Å². The van der Waals surface area contributed by atoms with E-state index in [2.05, 4.69) is 15.0 Å². The fraction of sp³-hybridized carbons (Fsp3) is 0.348. The largest absolute Gasteiger partial charge is 0.337 e. The maximum absolute atomic E-state index is 12.8. The molecule has 6 heteroatoms. The molecule has 0 unspecified atom stereocenters. The minimum Gasteiger partial charge on any atom is -0.337 e. The normalized spacial score (nSPS) is 14.3. The Balaban J connectivity index is 1.39. The maximum Gasteiger partial charge on any atom is 0.254 e. The van der Waals surface area contributed by atoms with Gasteiger partial charge in [-0.25, -0.2) is 0 Å². The minimum absolute atomic E-state index is 0.0617. The maximum atomic E-state index is 12.8. The minimum atomic E-state index is -0.0617. The molecule has 0 radical (unpaired) electrons. The van der Waals surface area contributed by atoms with Crippen molar-refractivity contribution in [1.29, 1.82) is 0 Å². The number of aryl methyl sites for hydroxylation is 1. The summed E-state index contributed by atoms with van der Waals surface area (Å²) in [5.74, 6) is 0.906. The number of rotatable bonds is 6. The smallest absolute Gasteiger partial charge is 0.254 e. The Hall–Kier alpha value is -2.99. The van der Waals surface area contributed by atoms with Gasteiger partial charge in [-0.05, 0) is 56.1 Å². The van der Waals surface area contributed by atoms with E-state index in [4.69, 9.17) is 4.52 Å². The van der Waals surface area contributed by atoms with Crippen LogP contribution in [0.2, 0.25) is 0 Å². The van der Waals surface area contributed by atoms with E-state index in [0.717, 1.165) is 30.8 Å². The van der Waals surface area contributed by atoms with Gasteiger partial charge in [-0.3, -0.25) is 9.69 Å². The van der Waals surface area contributed by atoms with Crippen LogP contribution in [-0.2, 0) is 13.1 Å². The number of carbonyl (C=O) groups is 1. The second-order valence-electron chi connectivity index (χ2n) is 7.67. The summed E-state index contributed by atoms with van der Waals surface area (Å²) in [6.45, 7) is 5.56. The number of likely N-dealkylation sites (tertiary alicyclic amines) is 1. The van der Waals surface area contributed by atoms with Crippen LogP contribution in [0.15, 0.2) is 53.1 Å². The topological polar surface area (TPSA) is 62.5 Å². The molecule has 29 heavy (non-hydrogen) atoms. The molecule has 0 saturated carbocycles. The van der Waals surface area contributed by atoms with Gasteiger partial charge in [0, 0.05) is 24.7 Å². The molecule has 6 nitrogen and oxygen atoms in total. The lowest BCUT2D eigenvalue weighted by Crippen LogP contribution is -2.26. The fourth-order valence-corrected chi connectivity index (χ4v) is 3.70. The molecule has 0 aliphatic carbocycles. The van der Waals surface area contributed by atoms with E-state index in [9.17, 15) is 4.79 Å². The van der Waals surface area contributed by atoms with Gasteiger partial charge < -0.3 is 9.42 Å². The Kier molecular flexibility index (Phi) is 5.71. The van der Waals surface area contributed by atoms with Crippen molar-refractivity contribution in [2.45, 2.75) is 32.9 Å². The second kappa shape index (κ2) is 8.57. The number of aromatic nitrogens is 2. The van der Waals surface area contributed by atoms with Crippen molar-refractivity contribution in [3.05, 3.63) is 71.1 Å². The third-order valence-corrected chi connectivity index (χ3v) is 5.38. The first-order valence-electron chi connectivity index (χ1n) is 10.1. The lowest BCUT2D eigenvalue weighted by Gasteiger charge is -2.16. The van der Waals surface area contributed by atoms with Crippen molar-refractivity contribution in [2.24, 2.45) is 0 Å². The number of hydrogen-bond acceptors (Lipinski definition) is 5. The first-order chi connectivity index (χ1) is 14.1. The van der Waals surface area contributed by atoms with Gasteiger partial charge >= 0.3 is 0 Å². The summed E-state index contributed by atoms with van der Waals surface area (Å²) in [6.07, 6.45) is 2.56. The molecule has 1 aliphatic rings. The standard InChI is InChI=1S/C23H26N4O2/c1-17-7-3-4-8-20(17)22-24-21(29-25-22)16-26(2)23(28)19-11-9-18(10-12-19)15-27-13-5-6-14-27/h3-4,7-12H,5-6,13-16H2,1-2H3. The first-order valence-corrected chi connectivity index (χ1v) is 10.1. The van der Waals surface area contributed by atoms with E-state index in [0.29, 0.717) is 17.3 Å². The number of carbonyl (C=O) groups excluding carboxylic acids is 1. The molecule has 150 valence electrons. The molecule has 1 aromatic heterocycles. The highest BCUT2D eigenvalue weighted by Gasteiger charge is 2.17. The van der Waals surface area contributed by atoms with Crippen molar-refractivity contribution in [3.63, 3.8) is 0 Å². The second-order valence-corrected chi connectivity index (χ2v) is 7.67. The van der Waals surface area contributed by atoms with Gasteiger partial charge in [0.05, 0.1) is 6.54 Å². The Bertz CT molecular complexity index is 975. The van der Waals surface area contributed by atoms with Crippen molar-refractivity contribution < 1.29 is 9.32 Å². The Labute approximate surface area is 171 Å². The monoisotopic (exact) mass is 390 g/mol. The lowest BCUT2D eigenvalue weighted by atomic mass is 10.1. The number of hydrogen-bond donors (Lipinski definition) is 0. The molecular weight excluding hydrogens is 364 g/mol. The lowest BCUT2D eigenvalue weighted by molar-refractivity contribution is 0.0769. The molecule has 3 aromatic rings. The van der Waals surface area contributed by atoms with Crippen molar-refractivity contribution in [2.75, 3.05) is 20.1 Å². The van der Waals surface area contributed by atoms with Crippen LogP contribution >= 0.6 is 0 Å². The highest BCUT2D eigenvalue weighted by Crippen LogP contribution is 2.20. The zero-order valence-electron chi connectivity index (χ0n) is 17.0. The molecule has 0 spiro atoms. The molecule has 2 heterocycles.